The summed E-state index contributed by atoms with van der Waals surface area (Å²) in [5, 5.41) is 43.1. The van der Waals surface area contributed by atoms with E-state index in [2.05, 4.69) is 10.6 Å². The Morgan fingerprint density at radius 2 is 1.40 bits per heavy atom. The van der Waals surface area contributed by atoms with Crippen molar-refractivity contribution in [2.75, 3.05) is 6.61 Å². The van der Waals surface area contributed by atoms with Crippen molar-refractivity contribution < 1.29 is 44.4 Å². The molecule has 0 aromatic carbocycles. The largest absolute Gasteiger partial charge is 0.481 e. The maximum absolute atomic E-state index is 12.4. The van der Waals surface area contributed by atoms with Crippen LogP contribution in [0.15, 0.2) is 0 Å². The lowest BCUT2D eigenvalue weighted by atomic mass is 10.0. The van der Waals surface area contributed by atoms with Crippen molar-refractivity contribution in [3.8, 4) is 0 Å². The van der Waals surface area contributed by atoms with Gasteiger partial charge < -0.3 is 42.1 Å². The minimum Gasteiger partial charge on any atom is -0.481 e. The van der Waals surface area contributed by atoms with E-state index in [1.165, 1.54) is 6.92 Å². The number of carbonyl (C=O) groups excluding carboxylic acids is 3. The first kappa shape index (κ1) is 27.2. The Kier molecular flexibility index (Phi) is 11.5. The average Bonchev–Trinajstić information content (AvgIpc) is 2.61. The molecule has 9 N–H and O–H groups in total. The van der Waals surface area contributed by atoms with E-state index in [1.54, 1.807) is 0 Å². The molecule has 0 heterocycles. The second kappa shape index (κ2) is 12.7. The molecule has 0 bridgehead atoms. The predicted octanol–water partition coefficient (Wildman–Crippen LogP) is -3.25. The number of nitrogens with one attached hydrogen (secondary N) is 3. The molecule has 0 saturated carbocycles. The van der Waals surface area contributed by atoms with Gasteiger partial charge in [0.1, 0.15) is 18.1 Å². The van der Waals surface area contributed by atoms with Crippen LogP contribution in [0.1, 0.15) is 33.6 Å². The fourth-order valence-electron chi connectivity index (χ4n) is 2.38. The summed E-state index contributed by atoms with van der Waals surface area (Å²) in [7, 11) is 0. The number of amides is 3. The average molecular weight is 434 g/mol. The summed E-state index contributed by atoms with van der Waals surface area (Å²) in [5.74, 6) is -5.91. The highest BCUT2D eigenvalue weighted by Gasteiger charge is 2.32. The monoisotopic (exact) mass is 434 g/mol. The highest BCUT2D eigenvalue weighted by molar-refractivity contribution is 5.94. The molecule has 5 atom stereocenters. The minimum absolute atomic E-state index is 0.0972. The number of carboxylic acids is 2. The lowest BCUT2D eigenvalue weighted by Crippen LogP contribution is -2.60. The fraction of sp³-hybridized carbons (Fsp3) is 0.706. The van der Waals surface area contributed by atoms with E-state index in [4.69, 9.17) is 15.9 Å². The third-order valence-corrected chi connectivity index (χ3v) is 3.93. The van der Waals surface area contributed by atoms with Gasteiger partial charge in [0.05, 0.1) is 25.2 Å². The molecule has 5 unspecified atom stereocenters. The number of carboxylic acid groups (broad SMARTS) is 2. The van der Waals surface area contributed by atoms with Gasteiger partial charge in [0.25, 0.3) is 0 Å². The van der Waals surface area contributed by atoms with Gasteiger partial charge in [-0.25, -0.2) is 4.79 Å². The Hall–Kier alpha value is -2.77. The second-order valence-corrected chi connectivity index (χ2v) is 7.20. The highest BCUT2D eigenvalue weighted by atomic mass is 16.4. The molecule has 13 heteroatoms. The normalized spacial score (nSPS) is 16.0. The molecule has 0 radical (unpaired) electrons. The van der Waals surface area contributed by atoms with Gasteiger partial charge in [-0.05, 0) is 19.3 Å². The number of hydrogen-bond donors (Lipinski definition) is 8. The topological polar surface area (TPSA) is 228 Å². The Bertz CT molecular complexity index is 639. The van der Waals surface area contributed by atoms with Gasteiger partial charge in [-0.3, -0.25) is 19.2 Å². The zero-order valence-electron chi connectivity index (χ0n) is 17.0. The van der Waals surface area contributed by atoms with E-state index in [-0.39, 0.29) is 5.92 Å². The molecule has 0 fully saturated rings. The quantitative estimate of drug-likeness (QED) is 0.144. The third kappa shape index (κ3) is 9.62. The Morgan fingerprint density at radius 3 is 1.80 bits per heavy atom. The van der Waals surface area contributed by atoms with Crippen molar-refractivity contribution in [3.05, 3.63) is 0 Å². The van der Waals surface area contributed by atoms with Gasteiger partial charge in [0, 0.05) is 0 Å². The van der Waals surface area contributed by atoms with Crippen LogP contribution in [0.4, 0.5) is 0 Å². The van der Waals surface area contributed by atoms with Crippen LogP contribution in [-0.4, -0.2) is 87.0 Å². The third-order valence-electron chi connectivity index (χ3n) is 3.93. The number of nitrogens with two attached hydrogens (primary N) is 1. The smallest absolute Gasteiger partial charge is 0.326 e. The molecule has 3 amide bonds. The van der Waals surface area contributed by atoms with Crippen LogP contribution in [0.3, 0.4) is 0 Å². The molecule has 30 heavy (non-hydrogen) atoms. The Labute approximate surface area is 173 Å². The van der Waals surface area contributed by atoms with E-state index in [1.807, 2.05) is 19.2 Å². The van der Waals surface area contributed by atoms with Crippen LogP contribution >= 0.6 is 0 Å². The maximum Gasteiger partial charge on any atom is 0.326 e. The highest BCUT2D eigenvalue weighted by Crippen LogP contribution is 2.04. The summed E-state index contributed by atoms with van der Waals surface area (Å²) in [6, 6.07) is -5.90. The van der Waals surface area contributed by atoms with Crippen LogP contribution in [0.25, 0.3) is 0 Å². The first-order chi connectivity index (χ1) is 13.8. The van der Waals surface area contributed by atoms with E-state index >= 15 is 0 Å². The zero-order chi connectivity index (χ0) is 23.6. The number of aliphatic hydroxyl groups is 2. The van der Waals surface area contributed by atoms with Crippen LogP contribution in [0.5, 0.6) is 0 Å². The van der Waals surface area contributed by atoms with E-state index in [0.717, 1.165) is 0 Å². The number of carbonyl (C=O) groups is 5. The van der Waals surface area contributed by atoms with E-state index in [9.17, 15) is 34.2 Å². The minimum atomic E-state index is -1.79. The van der Waals surface area contributed by atoms with Crippen LogP contribution in [0.2, 0.25) is 0 Å². The molecule has 0 aliphatic heterocycles. The summed E-state index contributed by atoms with van der Waals surface area (Å²) in [4.78, 5) is 58.4. The Balaban J connectivity index is 5.17. The number of hydrogen-bond acceptors (Lipinski definition) is 8. The molecule has 0 aromatic rings. The van der Waals surface area contributed by atoms with Crippen LogP contribution < -0.4 is 21.7 Å². The molecule has 0 aliphatic rings. The summed E-state index contributed by atoms with van der Waals surface area (Å²) in [6.45, 7) is 3.93. The summed E-state index contributed by atoms with van der Waals surface area (Å²) in [5.41, 5.74) is 5.73. The molecule has 0 aliphatic carbocycles. The zero-order valence-corrected chi connectivity index (χ0v) is 17.0. The lowest BCUT2D eigenvalue weighted by molar-refractivity contribution is -0.147. The van der Waals surface area contributed by atoms with Gasteiger partial charge in [-0.1, -0.05) is 13.8 Å². The van der Waals surface area contributed by atoms with E-state index in [0.29, 0.717) is 6.42 Å². The molecular formula is C17H30N4O9. The maximum atomic E-state index is 12.4. The van der Waals surface area contributed by atoms with Gasteiger partial charge in [0.2, 0.25) is 17.7 Å². The molecular weight excluding hydrogens is 404 g/mol. The first-order valence-corrected chi connectivity index (χ1v) is 9.20. The summed E-state index contributed by atoms with van der Waals surface area (Å²) in [6.07, 6.45) is -1.99. The van der Waals surface area contributed by atoms with Crippen molar-refractivity contribution in [2.24, 2.45) is 11.7 Å². The van der Waals surface area contributed by atoms with Crippen molar-refractivity contribution in [1.29, 1.82) is 0 Å². The molecule has 0 rings (SSSR count). The summed E-state index contributed by atoms with van der Waals surface area (Å²) < 4.78 is 0. The molecule has 172 valence electrons. The van der Waals surface area contributed by atoms with Crippen molar-refractivity contribution in [2.45, 2.75) is 63.9 Å². The predicted molar refractivity (Wildman–Crippen MR) is 102 cm³/mol. The van der Waals surface area contributed by atoms with Crippen LogP contribution in [-0.2, 0) is 24.0 Å². The first-order valence-electron chi connectivity index (χ1n) is 9.20. The lowest BCUT2D eigenvalue weighted by Gasteiger charge is -2.25. The number of rotatable bonds is 13. The van der Waals surface area contributed by atoms with Gasteiger partial charge in [0.15, 0.2) is 0 Å². The van der Waals surface area contributed by atoms with Crippen LogP contribution in [0, 0.1) is 5.92 Å². The molecule has 0 saturated heterocycles. The second-order valence-electron chi connectivity index (χ2n) is 7.20. The number of aliphatic carboxylic acids is 2. The molecule has 13 nitrogen and oxygen atoms in total. The number of aliphatic hydroxyl groups excluding tert-OH is 2. The standard InChI is InChI=1S/C17H30N4O9/c1-7(2)4-9(18)14(26)21-13(8(3)23)16(28)20-11(6-22)15(27)19-10(17(29)30)5-12(24)25/h7-11,13,22-23H,4-6,18H2,1-3H3,(H,19,27)(H,20,28)(H,21,26)(H,24,25)(H,29,30). The van der Waals surface area contributed by atoms with Crippen molar-refractivity contribution >= 4 is 29.7 Å². The molecule has 0 spiro atoms. The van der Waals surface area contributed by atoms with Gasteiger partial charge >= 0.3 is 11.9 Å². The van der Waals surface area contributed by atoms with Crippen molar-refractivity contribution in [3.63, 3.8) is 0 Å². The Morgan fingerprint density at radius 1 is 0.867 bits per heavy atom. The van der Waals surface area contributed by atoms with Gasteiger partial charge in [-0.2, -0.15) is 0 Å². The van der Waals surface area contributed by atoms with E-state index < -0.39 is 73.0 Å². The molecule has 0 aromatic heterocycles. The van der Waals surface area contributed by atoms with Crippen molar-refractivity contribution in [1.82, 2.24) is 16.0 Å². The SMILES string of the molecule is CC(C)CC(N)C(=O)NC(C(=O)NC(CO)C(=O)NC(CC(=O)O)C(=O)O)C(C)O. The van der Waals surface area contributed by atoms with Gasteiger partial charge in [-0.15, -0.1) is 0 Å². The fourth-order valence-corrected chi connectivity index (χ4v) is 2.38. The summed E-state index contributed by atoms with van der Waals surface area (Å²) >= 11 is 0.